The van der Waals surface area contributed by atoms with Gasteiger partial charge >= 0.3 is 0 Å². The Hall–Kier alpha value is -2.29. The van der Waals surface area contributed by atoms with Crippen molar-refractivity contribution in [3.8, 4) is 11.3 Å². The van der Waals surface area contributed by atoms with Crippen molar-refractivity contribution in [2.45, 2.75) is 33.1 Å². The first kappa shape index (κ1) is 20.6. The molecule has 2 saturated carbocycles. The van der Waals surface area contributed by atoms with Crippen LogP contribution >= 0.6 is 11.3 Å². The first-order valence-corrected chi connectivity index (χ1v) is 12.9. The standard InChI is InChI=1S/C23H25N3O3S2/c1-22(2)18-9-10-23(22,14-31(27,28)29)20(12-18)25-26-21-24-19(13-30-21)17-8-7-15-5-3-4-6-16(15)11-17/h3-8,11,13,18H,9-10,12,14H2,1-2H3,(H,24,26)(H,27,28,29). The lowest BCUT2D eigenvalue weighted by atomic mass is 9.70. The Balaban J connectivity index is 1.41. The molecular formula is C23H25N3O3S2. The van der Waals surface area contributed by atoms with Crippen LogP contribution in [0.5, 0.6) is 0 Å². The average molecular weight is 456 g/mol. The minimum absolute atomic E-state index is 0.220. The third kappa shape index (κ3) is 3.46. The summed E-state index contributed by atoms with van der Waals surface area (Å²) in [6.07, 6.45) is 2.44. The Bertz CT molecular complexity index is 1300. The van der Waals surface area contributed by atoms with Crippen LogP contribution in [-0.2, 0) is 10.1 Å². The molecule has 2 atom stereocenters. The molecule has 0 amide bonds. The normalized spacial score (nSPS) is 26.0. The number of nitrogens with one attached hydrogen (secondary N) is 1. The van der Waals surface area contributed by atoms with Gasteiger partial charge in [0.2, 0.25) is 5.13 Å². The largest absolute Gasteiger partial charge is 0.286 e. The van der Waals surface area contributed by atoms with E-state index in [2.05, 4.69) is 59.7 Å². The van der Waals surface area contributed by atoms with E-state index in [1.807, 2.05) is 17.5 Å². The molecule has 0 radical (unpaired) electrons. The molecule has 1 aromatic heterocycles. The van der Waals surface area contributed by atoms with Gasteiger partial charge in [0.1, 0.15) is 0 Å². The van der Waals surface area contributed by atoms with Crippen LogP contribution in [0, 0.1) is 16.7 Å². The van der Waals surface area contributed by atoms with Crippen LogP contribution in [0.25, 0.3) is 22.0 Å². The van der Waals surface area contributed by atoms with Gasteiger partial charge in [-0.25, -0.2) is 4.98 Å². The second-order valence-electron chi connectivity index (χ2n) is 9.24. The van der Waals surface area contributed by atoms with Gasteiger partial charge in [-0.3, -0.25) is 9.98 Å². The Labute approximate surface area is 186 Å². The Morgan fingerprint density at radius 3 is 2.74 bits per heavy atom. The summed E-state index contributed by atoms with van der Waals surface area (Å²) in [5.74, 6) is 0.101. The van der Waals surface area contributed by atoms with Crippen molar-refractivity contribution in [1.82, 2.24) is 4.98 Å². The number of fused-ring (bicyclic) bond motifs is 3. The zero-order chi connectivity index (χ0) is 21.9. The molecule has 162 valence electrons. The third-order valence-electron chi connectivity index (χ3n) is 7.43. The average Bonchev–Trinajstić information content (AvgIpc) is 3.34. The van der Waals surface area contributed by atoms with Gasteiger partial charge in [0, 0.05) is 22.1 Å². The quantitative estimate of drug-likeness (QED) is 0.394. The van der Waals surface area contributed by atoms with Crippen LogP contribution in [0.4, 0.5) is 5.13 Å². The maximum Gasteiger partial charge on any atom is 0.265 e. The van der Waals surface area contributed by atoms with Gasteiger partial charge in [0.25, 0.3) is 10.1 Å². The molecule has 2 fully saturated rings. The Morgan fingerprint density at radius 1 is 1.23 bits per heavy atom. The number of rotatable bonds is 5. The predicted octanol–water partition coefficient (Wildman–Crippen LogP) is 5.45. The van der Waals surface area contributed by atoms with E-state index in [0.29, 0.717) is 11.0 Å². The molecule has 8 heteroatoms. The highest BCUT2D eigenvalue weighted by molar-refractivity contribution is 7.85. The molecule has 2 unspecified atom stereocenters. The molecule has 0 aliphatic heterocycles. The second kappa shape index (κ2) is 7.12. The summed E-state index contributed by atoms with van der Waals surface area (Å²) in [5.41, 5.74) is 4.96. The number of hydrogen-bond donors (Lipinski definition) is 2. The van der Waals surface area contributed by atoms with Crippen LogP contribution in [0.1, 0.15) is 33.1 Å². The number of hydrogen-bond acceptors (Lipinski definition) is 6. The molecule has 2 aromatic carbocycles. The molecule has 5 rings (SSSR count). The summed E-state index contributed by atoms with van der Waals surface area (Å²) >= 11 is 1.47. The molecule has 31 heavy (non-hydrogen) atoms. The smallest absolute Gasteiger partial charge is 0.265 e. The Kier molecular flexibility index (Phi) is 4.73. The number of benzene rings is 2. The summed E-state index contributed by atoms with van der Waals surface area (Å²) in [6.45, 7) is 4.19. The van der Waals surface area contributed by atoms with Gasteiger partial charge in [0.15, 0.2) is 0 Å². The minimum Gasteiger partial charge on any atom is -0.286 e. The van der Waals surface area contributed by atoms with Crippen molar-refractivity contribution < 1.29 is 13.0 Å². The number of anilines is 1. The molecule has 0 saturated heterocycles. The van der Waals surface area contributed by atoms with E-state index in [1.54, 1.807) is 0 Å². The molecule has 2 bridgehead atoms. The van der Waals surface area contributed by atoms with Crippen molar-refractivity contribution >= 4 is 43.1 Å². The molecule has 0 spiro atoms. The second-order valence-corrected chi connectivity index (χ2v) is 11.6. The van der Waals surface area contributed by atoms with Crippen molar-refractivity contribution in [1.29, 1.82) is 0 Å². The minimum atomic E-state index is -4.11. The van der Waals surface area contributed by atoms with E-state index >= 15 is 0 Å². The van der Waals surface area contributed by atoms with Gasteiger partial charge in [-0.05, 0) is 47.4 Å². The lowest BCUT2D eigenvalue weighted by Gasteiger charge is -2.37. The highest BCUT2D eigenvalue weighted by Gasteiger charge is 2.64. The number of nitrogens with zero attached hydrogens (tertiary/aromatic N) is 2. The fourth-order valence-corrected chi connectivity index (χ4v) is 7.49. The molecule has 2 aliphatic rings. The van der Waals surface area contributed by atoms with Crippen molar-refractivity contribution in [2.75, 3.05) is 11.2 Å². The highest BCUT2D eigenvalue weighted by atomic mass is 32.2. The summed E-state index contributed by atoms with van der Waals surface area (Å²) in [4.78, 5) is 4.68. The van der Waals surface area contributed by atoms with Crippen LogP contribution in [0.3, 0.4) is 0 Å². The number of hydrazone groups is 1. The van der Waals surface area contributed by atoms with Crippen LogP contribution in [0.15, 0.2) is 52.9 Å². The summed E-state index contributed by atoms with van der Waals surface area (Å²) in [6, 6.07) is 14.5. The van der Waals surface area contributed by atoms with Crippen LogP contribution < -0.4 is 5.43 Å². The first-order valence-electron chi connectivity index (χ1n) is 10.4. The summed E-state index contributed by atoms with van der Waals surface area (Å²) in [5, 5.41) is 9.64. The third-order valence-corrected chi connectivity index (χ3v) is 9.04. The number of thiazole rings is 1. The van der Waals surface area contributed by atoms with E-state index in [-0.39, 0.29) is 11.2 Å². The monoisotopic (exact) mass is 455 g/mol. The van der Waals surface area contributed by atoms with Gasteiger partial charge < -0.3 is 0 Å². The topological polar surface area (TPSA) is 91.7 Å². The first-order chi connectivity index (χ1) is 14.7. The van der Waals surface area contributed by atoms with Crippen LogP contribution in [-0.4, -0.2) is 29.4 Å². The Morgan fingerprint density at radius 2 is 2.00 bits per heavy atom. The zero-order valence-electron chi connectivity index (χ0n) is 17.5. The van der Waals surface area contributed by atoms with Crippen molar-refractivity contribution in [3.63, 3.8) is 0 Å². The maximum atomic E-state index is 11.8. The lowest BCUT2D eigenvalue weighted by molar-refractivity contribution is 0.193. The fraction of sp³-hybridized carbons (Fsp3) is 0.391. The molecular weight excluding hydrogens is 430 g/mol. The van der Waals surface area contributed by atoms with E-state index in [1.165, 1.54) is 22.1 Å². The van der Waals surface area contributed by atoms with Crippen LogP contribution in [0.2, 0.25) is 0 Å². The predicted molar refractivity (Wildman–Crippen MR) is 126 cm³/mol. The van der Waals surface area contributed by atoms with E-state index in [0.717, 1.165) is 36.2 Å². The zero-order valence-corrected chi connectivity index (χ0v) is 19.1. The van der Waals surface area contributed by atoms with E-state index < -0.39 is 15.5 Å². The lowest BCUT2D eigenvalue weighted by Crippen LogP contribution is -2.42. The van der Waals surface area contributed by atoms with Gasteiger partial charge in [0.05, 0.1) is 11.4 Å². The van der Waals surface area contributed by atoms with Gasteiger partial charge in [-0.15, -0.1) is 11.3 Å². The molecule has 6 nitrogen and oxygen atoms in total. The SMILES string of the molecule is CC1(C)C2CCC1(CS(=O)(=O)O)C(=NNc1nc(-c3ccc4ccccc4c3)cs1)C2. The van der Waals surface area contributed by atoms with Crippen molar-refractivity contribution in [2.24, 2.45) is 21.8 Å². The molecule has 2 aliphatic carbocycles. The van der Waals surface area contributed by atoms with Crippen molar-refractivity contribution in [3.05, 3.63) is 47.8 Å². The van der Waals surface area contributed by atoms with E-state index in [9.17, 15) is 13.0 Å². The summed E-state index contributed by atoms with van der Waals surface area (Å²) < 4.78 is 33.2. The molecule has 2 N–H and O–H groups in total. The highest BCUT2D eigenvalue weighted by Crippen LogP contribution is 2.64. The molecule has 3 aromatic rings. The number of aromatic nitrogens is 1. The van der Waals surface area contributed by atoms with Gasteiger partial charge in [-0.1, -0.05) is 50.2 Å². The fourth-order valence-electron chi connectivity index (χ4n) is 5.52. The summed E-state index contributed by atoms with van der Waals surface area (Å²) in [7, 11) is -4.11. The van der Waals surface area contributed by atoms with E-state index in [4.69, 9.17) is 0 Å². The molecule has 1 heterocycles. The maximum absolute atomic E-state index is 11.8. The van der Waals surface area contributed by atoms with Gasteiger partial charge in [-0.2, -0.15) is 13.5 Å².